The molecule has 3 N–H and O–H groups in total. The Morgan fingerprint density at radius 1 is 1.14 bits per heavy atom. The summed E-state index contributed by atoms with van der Waals surface area (Å²) < 4.78 is 5.38. The minimum Gasteiger partial charge on any atom is -0.496 e. The number of aliphatic hydroxyl groups excluding tert-OH is 1. The van der Waals surface area contributed by atoms with Crippen LogP contribution in [0.5, 0.6) is 5.75 Å². The van der Waals surface area contributed by atoms with E-state index in [1.54, 1.807) is 7.11 Å². The molecule has 0 amide bonds. The Labute approximate surface area is 132 Å². The first-order chi connectivity index (χ1) is 9.69. The smallest absolute Gasteiger partial charge is 0.126 e. The van der Waals surface area contributed by atoms with E-state index in [2.05, 4.69) is 6.92 Å². The third kappa shape index (κ3) is 3.88. The Bertz CT molecular complexity index is 574. The summed E-state index contributed by atoms with van der Waals surface area (Å²) in [5.41, 5.74) is 7.22. The Morgan fingerprint density at radius 2 is 1.81 bits per heavy atom. The highest BCUT2D eigenvalue weighted by atomic mass is 35.5. The number of fused-ring (bicyclic) bond motifs is 1. The number of hydrogen-bond acceptors (Lipinski definition) is 3. The van der Waals surface area contributed by atoms with Gasteiger partial charge in [0.2, 0.25) is 0 Å². The number of halogens is 1. The number of ether oxygens (including phenoxy) is 1. The molecule has 0 bridgehead atoms. The molecular formula is C17H24ClNO2. The van der Waals surface area contributed by atoms with Crippen molar-refractivity contribution >= 4 is 23.2 Å². The molecule has 0 aliphatic carbocycles. The van der Waals surface area contributed by atoms with Gasteiger partial charge in [0, 0.05) is 5.39 Å². The van der Waals surface area contributed by atoms with Crippen molar-refractivity contribution in [2.24, 2.45) is 5.73 Å². The number of methoxy groups -OCH3 is 1. The van der Waals surface area contributed by atoms with Crippen LogP contribution >= 0.6 is 12.4 Å². The summed E-state index contributed by atoms with van der Waals surface area (Å²) in [5.74, 6) is 0.833. The minimum absolute atomic E-state index is 0. The van der Waals surface area contributed by atoms with Gasteiger partial charge < -0.3 is 15.6 Å². The molecule has 0 fully saturated rings. The van der Waals surface area contributed by atoms with E-state index in [0.29, 0.717) is 0 Å². The van der Waals surface area contributed by atoms with Gasteiger partial charge in [-0.05, 0) is 23.4 Å². The molecule has 2 atom stereocenters. The first-order valence-corrected chi connectivity index (χ1v) is 7.18. The summed E-state index contributed by atoms with van der Waals surface area (Å²) in [6.07, 6.45) is 2.28. The molecule has 0 radical (unpaired) electrons. The van der Waals surface area contributed by atoms with Crippen molar-refractivity contribution in [2.45, 2.75) is 38.3 Å². The van der Waals surface area contributed by atoms with Crippen LogP contribution in [-0.4, -0.2) is 18.3 Å². The molecule has 0 aliphatic heterocycles. The molecule has 2 aromatic rings. The monoisotopic (exact) mass is 309 g/mol. The zero-order valence-electron chi connectivity index (χ0n) is 12.6. The minimum atomic E-state index is -0.508. The van der Waals surface area contributed by atoms with Crippen molar-refractivity contribution < 1.29 is 9.84 Å². The topological polar surface area (TPSA) is 55.5 Å². The van der Waals surface area contributed by atoms with Crippen LogP contribution in [-0.2, 0) is 0 Å². The maximum absolute atomic E-state index is 10.2. The van der Waals surface area contributed by atoms with E-state index in [4.69, 9.17) is 10.5 Å². The van der Waals surface area contributed by atoms with Crippen LogP contribution in [0, 0.1) is 0 Å². The van der Waals surface area contributed by atoms with Crippen molar-refractivity contribution in [3.63, 3.8) is 0 Å². The highest BCUT2D eigenvalue weighted by Crippen LogP contribution is 2.32. The van der Waals surface area contributed by atoms with Gasteiger partial charge in [-0.2, -0.15) is 0 Å². The van der Waals surface area contributed by atoms with E-state index in [1.165, 1.54) is 0 Å². The first-order valence-electron chi connectivity index (χ1n) is 7.18. The number of unbranched alkanes of at least 4 members (excludes halogenated alkanes) is 1. The van der Waals surface area contributed by atoms with Crippen molar-refractivity contribution in [3.8, 4) is 5.75 Å². The van der Waals surface area contributed by atoms with Crippen LogP contribution in [0.25, 0.3) is 10.8 Å². The lowest BCUT2D eigenvalue weighted by Crippen LogP contribution is -2.26. The fourth-order valence-corrected chi connectivity index (χ4v) is 2.56. The molecule has 2 rings (SSSR count). The summed E-state index contributed by atoms with van der Waals surface area (Å²) in [6.45, 7) is 2.11. The van der Waals surface area contributed by atoms with E-state index in [-0.39, 0.29) is 18.4 Å². The van der Waals surface area contributed by atoms with Gasteiger partial charge in [-0.3, -0.25) is 0 Å². The Balaban J connectivity index is 0.00000220. The highest BCUT2D eigenvalue weighted by molar-refractivity contribution is 5.91. The average Bonchev–Trinajstić information content (AvgIpc) is 2.50. The average molecular weight is 310 g/mol. The first kappa shape index (κ1) is 17.8. The second-order valence-corrected chi connectivity index (χ2v) is 5.14. The molecule has 0 spiro atoms. The zero-order chi connectivity index (χ0) is 14.5. The molecular weight excluding hydrogens is 286 g/mol. The predicted molar refractivity (Wildman–Crippen MR) is 90.2 cm³/mol. The lowest BCUT2D eigenvalue weighted by molar-refractivity contribution is 0.133. The molecule has 0 unspecified atom stereocenters. The van der Waals surface area contributed by atoms with E-state index in [0.717, 1.165) is 41.3 Å². The lowest BCUT2D eigenvalue weighted by Gasteiger charge is -2.21. The molecule has 0 saturated heterocycles. The maximum Gasteiger partial charge on any atom is 0.126 e. The standard InChI is InChI=1S/C17H23NO2.ClH/c1-3-4-9-15(19)17(18)14-10-11-16(20-2)13-8-6-5-7-12(13)14;/h5-8,10-11,15,17,19H,3-4,9,18H2,1-2H3;1H/t15-,17+;/m0./s1. The number of rotatable bonds is 6. The van der Waals surface area contributed by atoms with E-state index < -0.39 is 6.10 Å². The van der Waals surface area contributed by atoms with Gasteiger partial charge in [0.15, 0.2) is 0 Å². The van der Waals surface area contributed by atoms with Crippen LogP contribution in [0.2, 0.25) is 0 Å². The van der Waals surface area contributed by atoms with Crippen LogP contribution in [0.3, 0.4) is 0 Å². The second-order valence-electron chi connectivity index (χ2n) is 5.14. The zero-order valence-corrected chi connectivity index (χ0v) is 13.4. The Kier molecular flexibility index (Phi) is 6.96. The predicted octanol–water partition coefficient (Wildman–Crippen LogP) is 3.82. The van der Waals surface area contributed by atoms with Crippen molar-refractivity contribution in [3.05, 3.63) is 42.0 Å². The molecule has 3 nitrogen and oxygen atoms in total. The van der Waals surface area contributed by atoms with Gasteiger partial charge in [0.25, 0.3) is 0 Å². The van der Waals surface area contributed by atoms with Crippen molar-refractivity contribution in [1.82, 2.24) is 0 Å². The molecule has 4 heteroatoms. The van der Waals surface area contributed by atoms with E-state index in [1.807, 2.05) is 36.4 Å². The number of aliphatic hydroxyl groups is 1. The van der Waals surface area contributed by atoms with Gasteiger partial charge >= 0.3 is 0 Å². The van der Waals surface area contributed by atoms with Gasteiger partial charge in [-0.25, -0.2) is 0 Å². The number of nitrogens with two attached hydrogens (primary N) is 1. The Morgan fingerprint density at radius 3 is 2.43 bits per heavy atom. The largest absolute Gasteiger partial charge is 0.496 e. The molecule has 0 aliphatic rings. The van der Waals surface area contributed by atoms with E-state index in [9.17, 15) is 5.11 Å². The molecule has 0 saturated carbocycles. The summed E-state index contributed by atoms with van der Waals surface area (Å²) >= 11 is 0. The fraction of sp³-hybridized carbons (Fsp3) is 0.412. The van der Waals surface area contributed by atoms with Crippen molar-refractivity contribution in [1.29, 1.82) is 0 Å². The summed E-state index contributed by atoms with van der Waals surface area (Å²) in [5, 5.41) is 12.3. The molecule has 2 aromatic carbocycles. The molecule has 0 aromatic heterocycles. The lowest BCUT2D eigenvalue weighted by atomic mass is 9.93. The van der Waals surface area contributed by atoms with E-state index >= 15 is 0 Å². The quantitative estimate of drug-likeness (QED) is 0.853. The van der Waals surface area contributed by atoms with Crippen LogP contribution < -0.4 is 10.5 Å². The van der Waals surface area contributed by atoms with Gasteiger partial charge in [-0.15, -0.1) is 12.4 Å². The SMILES string of the molecule is CCCC[C@H](O)[C@H](N)c1ccc(OC)c2ccccc12.Cl. The van der Waals surface area contributed by atoms with Gasteiger partial charge in [-0.1, -0.05) is 50.1 Å². The van der Waals surface area contributed by atoms with Crippen LogP contribution in [0.15, 0.2) is 36.4 Å². The summed E-state index contributed by atoms with van der Waals surface area (Å²) in [7, 11) is 1.66. The number of benzene rings is 2. The normalized spacial score (nSPS) is 13.5. The molecule has 0 heterocycles. The Hall–Kier alpha value is -1.29. The summed E-state index contributed by atoms with van der Waals surface area (Å²) in [6, 6.07) is 11.5. The number of hydrogen-bond donors (Lipinski definition) is 2. The maximum atomic E-state index is 10.2. The molecule has 21 heavy (non-hydrogen) atoms. The highest BCUT2D eigenvalue weighted by Gasteiger charge is 2.19. The van der Waals surface area contributed by atoms with Crippen LogP contribution in [0.4, 0.5) is 0 Å². The van der Waals surface area contributed by atoms with Gasteiger partial charge in [0.1, 0.15) is 5.75 Å². The van der Waals surface area contributed by atoms with Crippen LogP contribution in [0.1, 0.15) is 37.8 Å². The fourth-order valence-electron chi connectivity index (χ4n) is 2.56. The third-order valence-corrected chi connectivity index (χ3v) is 3.76. The van der Waals surface area contributed by atoms with Crippen molar-refractivity contribution in [2.75, 3.05) is 7.11 Å². The van der Waals surface area contributed by atoms with Gasteiger partial charge in [0.05, 0.1) is 19.3 Å². The molecule has 116 valence electrons. The third-order valence-electron chi connectivity index (χ3n) is 3.76. The second kappa shape index (κ2) is 8.23. The summed E-state index contributed by atoms with van der Waals surface area (Å²) in [4.78, 5) is 0.